The van der Waals surface area contributed by atoms with Crippen molar-refractivity contribution in [1.29, 1.82) is 0 Å². The number of rotatable bonds is 13. The SMILES string of the molecule is CC(C)Cc1ccc(C(C)C(=O)OCCCCC[P+](c2ccc(F)cc2)(c2ccc(F)cc2)c2ccc(F)cc2)cc1. The predicted octanol–water partition coefficient (Wildman–Crippen LogP) is 8.11. The van der Waals surface area contributed by atoms with Gasteiger partial charge in [0.15, 0.2) is 0 Å². The van der Waals surface area contributed by atoms with Crippen LogP contribution in [0.5, 0.6) is 0 Å². The molecule has 4 aromatic carbocycles. The van der Waals surface area contributed by atoms with Crippen LogP contribution in [0.1, 0.15) is 57.1 Å². The molecule has 0 aliphatic rings. The molecule has 0 saturated carbocycles. The molecule has 1 unspecified atom stereocenters. The Morgan fingerprint density at radius 3 is 1.52 bits per heavy atom. The molecule has 0 saturated heterocycles. The Kier molecular flexibility index (Phi) is 11.0. The van der Waals surface area contributed by atoms with Crippen LogP contribution in [0.25, 0.3) is 0 Å². The van der Waals surface area contributed by atoms with Crippen molar-refractivity contribution in [2.24, 2.45) is 5.92 Å². The van der Waals surface area contributed by atoms with Crippen molar-refractivity contribution in [3.8, 4) is 0 Å². The fourth-order valence-corrected chi connectivity index (χ4v) is 9.74. The zero-order chi connectivity index (χ0) is 30.1. The van der Waals surface area contributed by atoms with Gasteiger partial charge in [0, 0.05) is 0 Å². The molecule has 0 fully saturated rings. The van der Waals surface area contributed by atoms with E-state index in [0.29, 0.717) is 18.9 Å². The largest absolute Gasteiger partial charge is 0.465 e. The van der Waals surface area contributed by atoms with Gasteiger partial charge < -0.3 is 4.74 Å². The van der Waals surface area contributed by atoms with E-state index in [1.807, 2.05) is 19.1 Å². The number of benzene rings is 4. The summed E-state index contributed by atoms with van der Waals surface area (Å²) in [5, 5.41) is 2.84. The summed E-state index contributed by atoms with van der Waals surface area (Å²) >= 11 is 0. The van der Waals surface area contributed by atoms with E-state index in [1.54, 1.807) is 36.4 Å². The molecule has 42 heavy (non-hydrogen) atoms. The summed E-state index contributed by atoms with van der Waals surface area (Å²) in [6, 6.07) is 27.5. The van der Waals surface area contributed by atoms with Gasteiger partial charge in [-0.2, -0.15) is 0 Å². The van der Waals surface area contributed by atoms with E-state index >= 15 is 0 Å². The first-order chi connectivity index (χ1) is 20.2. The highest BCUT2D eigenvalue weighted by Crippen LogP contribution is 2.56. The molecule has 0 N–H and O–H groups in total. The van der Waals surface area contributed by atoms with Crippen molar-refractivity contribution >= 4 is 29.1 Å². The van der Waals surface area contributed by atoms with Gasteiger partial charge in [-0.3, -0.25) is 4.79 Å². The molecule has 6 heteroatoms. The molecular formula is C36H39F3O2P+. The normalized spacial score (nSPS) is 12.4. The predicted molar refractivity (Wildman–Crippen MR) is 168 cm³/mol. The van der Waals surface area contributed by atoms with Crippen molar-refractivity contribution in [3.05, 3.63) is 126 Å². The highest BCUT2D eigenvalue weighted by Gasteiger charge is 2.44. The Morgan fingerprint density at radius 1 is 0.643 bits per heavy atom. The summed E-state index contributed by atoms with van der Waals surface area (Å²) < 4.78 is 47.4. The third-order valence-electron chi connectivity index (χ3n) is 7.66. The number of esters is 1. The van der Waals surface area contributed by atoms with Gasteiger partial charge in [0.1, 0.15) is 40.6 Å². The second-order valence-electron chi connectivity index (χ2n) is 11.3. The number of carbonyl (C=O) groups is 1. The minimum atomic E-state index is -2.36. The summed E-state index contributed by atoms with van der Waals surface area (Å²) in [6.45, 7) is 6.56. The first kappa shape index (κ1) is 31.5. The molecule has 0 heterocycles. The summed E-state index contributed by atoms with van der Waals surface area (Å²) in [4.78, 5) is 12.7. The van der Waals surface area contributed by atoms with Crippen LogP contribution >= 0.6 is 7.26 Å². The second-order valence-corrected chi connectivity index (χ2v) is 14.9. The number of carbonyl (C=O) groups excluding carboxylic acids is 1. The molecule has 4 aromatic rings. The molecule has 2 nitrogen and oxygen atoms in total. The zero-order valence-electron chi connectivity index (χ0n) is 24.5. The highest BCUT2D eigenvalue weighted by atomic mass is 31.2. The van der Waals surface area contributed by atoms with E-state index < -0.39 is 7.26 Å². The second kappa shape index (κ2) is 14.6. The van der Waals surface area contributed by atoms with Gasteiger partial charge in [0.05, 0.1) is 18.7 Å². The van der Waals surface area contributed by atoms with E-state index in [2.05, 4.69) is 26.0 Å². The highest BCUT2D eigenvalue weighted by molar-refractivity contribution is 7.95. The summed E-state index contributed by atoms with van der Waals surface area (Å²) in [5.74, 6) is -1.01. The summed E-state index contributed by atoms with van der Waals surface area (Å²) in [5.41, 5.74) is 2.20. The average molecular weight is 592 g/mol. The van der Waals surface area contributed by atoms with Crippen molar-refractivity contribution in [2.45, 2.75) is 52.4 Å². The van der Waals surface area contributed by atoms with E-state index in [0.717, 1.165) is 46.9 Å². The molecule has 220 valence electrons. The smallest absolute Gasteiger partial charge is 0.313 e. The maximum Gasteiger partial charge on any atom is 0.313 e. The minimum Gasteiger partial charge on any atom is -0.465 e. The molecule has 0 amide bonds. The average Bonchev–Trinajstić information content (AvgIpc) is 2.98. The zero-order valence-corrected chi connectivity index (χ0v) is 25.4. The lowest BCUT2D eigenvalue weighted by molar-refractivity contribution is -0.145. The van der Waals surface area contributed by atoms with Crippen molar-refractivity contribution in [2.75, 3.05) is 12.8 Å². The standard InChI is InChI=1S/C36H39F3O2P/c1-26(2)25-28-7-9-29(10-8-28)27(3)36(40)41-23-5-4-6-24-42(33-17-11-30(37)12-18-33,34-19-13-31(38)14-20-34)35-21-15-32(39)16-22-35/h7-22,26-27H,4-6,23-25H2,1-3H3/q+1. The fourth-order valence-electron chi connectivity index (χ4n) is 5.40. The molecule has 1 atom stereocenters. The number of ether oxygens (including phenoxy) is 1. The van der Waals surface area contributed by atoms with Crippen LogP contribution in [0.15, 0.2) is 97.1 Å². The number of unbranched alkanes of at least 4 members (excludes halogenated alkanes) is 2. The van der Waals surface area contributed by atoms with Gasteiger partial charge in [-0.25, -0.2) is 13.2 Å². The van der Waals surface area contributed by atoms with Crippen LogP contribution in [0.4, 0.5) is 13.2 Å². The van der Waals surface area contributed by atoms with E-state index in [9.17, 15) is 18.0 Å². The van der Waals surface area contributed by atoms with E-state index in [1.165, 1.54) is 42.0 Å². The van der Waals surface area contributed by atoms with Gasteiger partial charge >= 0.3 is 5.97 Å². The van der Waals surface area contributed by atoms with Crippen molar-refractivity contribution in [1.82, 2.24) is 0 Å². The Balaban J connectivity index is 1.43. The van der Waals surface area contributed by atoms with Gasteiger partial charge in [-0.05, 0) is 122 Å². The number of hydrogen-bond acceptors (Lipinski definition) is 2. The van der Waals surface area contributed by atoms with Crippen LogP contribution in [-0.4, -0.2) is 18.7 Å². The van der Waals surface area contributed by atoms with E-state index in [4.69, 9.17) is 4.74 Å². The third kappa shape index (κ3) is 7.89. The quantitative estimate of drug-likeness (QED) is 0.0892. The van der Waals surface area contributed by atoms with Crippen molar-refractivity contribution < 1.29 is 22.7 Å². The van der Waals surface area contributed by atoms with Gasteiger partial charge in [-0.1, -0.05) is 38.1 Å². The molecule has 0 aliphatic carbocycles. The van der Waals surface area contributed by atoms with Gasteiger partial charge in [0.25, 0.3) is 0 Å². The van der Waals surface area contributed by atoms with Crippen LogP contribution in [0.2, 0.25) is 0 Å². The summed E-state index contributed by atoms with van der Waals surface area (Å²) in [7, 11) is -2.36. The Labute approximate surface area is 248 Å². The molecule has 0 spiro atoms. The first-order valence-electron chi connectivity index (χ1n) is 14.6. The monoisotopic (exact) mass is 591 g/mol. The Hall–Kier alpha value is -3.43. The summed E-state index contributed by atoms with van der Waals surface area (Å²) in [6.07, 6.45) is 4.03. The molecule has 0 bridgehead atoms. The Bertz CT molecular complexity index is 1310. The molecule has 0 aliphatic heterocycles. The van der Waals surface area contributed by atoms with Gasteiger partial charge in [0.2, 0.25) is 0 Å². The molecular weight excluding hydrogens is 552 g/mol. The third-order valence-corrected chi connectivity index (χ3v) is 12.2. The van der Waals surface area contributed by atoms with Gasteiger partial charge in [-0.15, -0.1) is 0 Å². The fraction of sp³-hybridized carbons (Fsp3) is 0.306. The molecule has 0 radical (unpaired) electrons. The van der Waals surface area contributed by atoms with Crippen LogP contribution in [-0.2, 0) is 16.0 Å². The lowest BCUT2D eigenvalue weighted by Crippen LogP contribution is -2.33. The first-order valence-corrected chi connectivity index (χ1v) is 16.6. The minimum absolute atomic E-state index is 0.239. The number of hydrogen-bond donors (Lipinski definition) is 0. The number of halogens is 3. The Morgan fingerprint density at radius 2 is 1.10 bits per heavy atom. The topological polar surface area (TPSA) is 26.3 Å². The van der Waals surface area contributed by atoms with Crippen LogP contribution < -0.4 is 15.9 Å². The maximum atomic E-state index is 13.9. The lowest BCUT2D eigenvalue weighted by atomic mass is 9.97. The molecule has 4 rings (SSSR count). The van der Waals surface area contributed by atoms with Crippen molar-refractivity contribution in [3.63, 3.8) is 0 Å². The van der Waals surface area contributed by atoms with Crippen LogP contribution in [0.3, 0.4) is 0 Å². The maximum absolute atomic E-state index is 13.9. The lowest BCUT2D eigenvalue weighted by Gasteiger charge is -2.28. The van der Waals surface area contributed by atoms with E-state index in [-0.39, 0.29) is 29.3 Å². The molecule has 0 aromatic heterocycles. The van der Waals surface area contributed by atoms with Crippen LogP contribution in [0, 0.1) is 23.4 Å².